The standard InChI is InChI=1S/C13H19N3O2/c1-4-9(2)14-13(18)16-12-7-5-6-11(8-12)15-10(3)17/h5-9H,4H2,1-3H3,(H,15,17)(H2,14,16,18)/t9-/m1/s1. The molecule has 1 atom stereocenters. The van der Waals surface area contributed by atoms with Crippen molar-refractivity contribution in [3.05, 3.63) is 24.3 Å². The Bertz CT molecular complexity index is 432. The monoisotopic (exact) mass is 249 g/mol. The van der Waals surface area contributed by atoms with Gasteiger partial charge in [0.2, 0.25) is 5.91 Å². The molecule has 1 aromatic carbocycles. The molecule has 0 heterocycles. The first-order valence-corrected chi connectivity index (χ1v) is 5.96. The summed E-state index contributed by atoms with van der Waals surface area (Å²) in [5.74, 6) is -0.142. The zero-order chi connectivity index (χ0) is 13.5. The third-order valence-electron chi connectivity index (χ3n) is 2.43. The summed E-state index contributed by atoms with van der Waals surface area (Å²) in [5, 5.41) is 8.18. The second kappa shape index (κ2) is 6.64. The number of rotatable bonds is 4. The number of nitrogens with one attached hydrogen (secondary N) is 3. The van der Waals surface area contributed by atoms with E-state index in [1.165, 1.54) is 6.92 Å². The van der Waals surface area contributed by atoms with Crippen molar-refractivity contribution in [1.82, 2.24) is 5.32 Å². The number of carbonyl (C=O) groups excluding carboxylic acids is 2. The third kappa shape index (κ3) is 4.86. The van der Waals surface area contributed by atoms with E-state index in [0.717, 1.165) is 6.42 Å². The minimum Gasteiger partial charge on any atom is -0.335 e. The summed E-state index contributed by atoms with van der Waals surface area (Å²) >= 11 is 0. The van der Waals surface area contributed by atoms with Crippen LogP contribution in [-0.2, 0) is 4.79 Å². The Kier molecular flexibility index (Phi) is 5.17. The molecular weight excluding hydrogens is 230 g/mol. The van der Waals surface area contributed by atoms with Gasteiger partial charge in [-0.3, -0.25) is 4.79 Å². The van der Waals surface area contributed by atoms with Crippen molar-refractivity contribution in [2.24, 2.45) is 0 Å². The van der Waals surface area contributed by atoms with E-state index in [2.05, 4.69) is 16.0 Å². The molecular formula is C13H19N3O2. The maximum atomic E-state index is 11.6. The van der Waals surface area contributed by atoms with E-state index in [-0.39, 0.29) is 18.0 Å². The minimum absolute atomic E-state index is 0.128. The number of carbonyl (C=O) groups is 2. The largest absolute Gasteiger partial charge is 0.335 e. The highest BCUT2D eigenvalue weighted by Gasteiger charge is 2.05. The van der Waals surface area contributed by atoms with Gasteiger partial charge in [0.1, 0.15) is 0 Å². The fourth-order valence-corrected chi connectivity index (χ4v) is 1.37. The lowest BCUT2D eigenvalue weighted by Crippen LogP contribution is -2.35. The molecule has 0 fully saturated rings. The molecule has 0 aliphatic heterocycles. The molecule has 98 valence electrons. The van der Waals surface area contributed by atoms with E-state index in [1.54, 1.807) is 24.3 Å². The molecule has 0 radical (unpaired) electrons. The van der Waals surface area contributed by atoms with Crippen LogP contribution in [0.15, 0.2) is 24.3 Å². The maximum Gasteiger partial charge on any atom is 0.319 e. The molecule has 0 aliphatic carbocycles. The number of amides is 3. The van der Waals surface area contributed by atoms with Crippen molar-refractivity contribution in [2.75, 3.05) is 10.6 Å². The highest BCUT2D eigenvalue weighted by atomic mass is 16.2. The number of anilines is 2. The number of hydrogen-bond acceptors (Lipinski definition) is 2. The Balaban J connectivity index is 2.61. The van der Waals surface area contributed by atoms with Crippen molar-refractivity contribution in [3.8, 4) is 0 Å². The van der Waals surface area contributed by atoms with Gasteiger partial charge < -0.3 is 16.0 Å². The van der Waals surface area contributed by atoms with Gasteiger partial charge in [0.15, 0.2) is 0 Å². The van der Waals surface area contributed by atoms with Crippen LogP contribution >= 0.6 is 0 Å². The molecule has 1 rings (SSSR count). The summed E-state index contributed by atoms with van der Waals surface area (Å²) in [7, 11) is 0. The quantitative estimate of drug-likeness (QED) is 0.767. The Morgan fingerprint density at radius 1 is 1.22 bits per heavy atom. The van der Waals surface area contributed by atoms with Crippen LogP contribution in [-0.4, -0.2) is 18.0 Å². The van der Waals surface area contributed by atoms with Crippen LogP contribution in [0, 0.1) is 0 Å². The van der Waals surface area contributed by atoms with Crippen LogP contribution in [0.5, 0.6) is 0 Å². The summed E-state index contributed by atoms with van der Waals surface area (Å²) in [4.78, 5) is 22.5. The van der Waals surface area contributed by atoms with Crippen molar-refractivity contribution >= 4 is 23.3 Å². The van der Waals surface area contributed by atoms with Crippen LogP contribution in [0.2, 0.25) is 0 Å². The molecule has 18 heavy (non-hydrogen) atoms. The summed E-state index contributed by atoms with van der Waals surface area (Å²) < 4.78 is 0. The first-order valence-electron chi connectivity index (χ1n) is 5.96. The van der Waals surface area contributed by atoms with E-state index in [0.29, 0.717) is 11.4 Å². The third-order valence-corrected chi connectivity index (χ3v) is 2.43. The van der Waals surface area contributed by atoms with Crippen LogP contribution in [0.1, 0.15) is 27.2 Å². The summed E-state index contributed by atoms with van der Waals surface area (Å²) in [6.07, 6.45) is 0.874. The molecule has 0 unspecified atom stereocenters. The van der Waals surface area contributed by atoms with Gasteiger partial charge in [0.25, 0.3) is 0 Å². The number of hydrogen-bond donors (Lipinski definition) is 3. The predicted molar refractivity (Wildman–Crippen MR) is 72.7 cm³/mol. The van der Waals surface area contributed by atoms with Gasteiger partial charge in [0.05, 0.1) is 0 Å². The molecule has 3 amide bonds. The Hall–Kier alpha value is -2.04. The summed E-state index contributed by atoms with van der Waals surface area (Å²) in [6.45, 7) is 5.38. The Morgan fingerprint density at radius 2 is 1.83 bits per heavy atom. The summed E-state index contributed by atoms with van der Waals surface area (Å²) in [5.41, 5.74) is 1.30. The molecule has 0 aromatic heterocycles. The predicted octanol–water partition coefficient (Wildman–Crippen LogP) is 2.57. The molecule has 0 aliphatic rings. The average molecular weight is 249 g/mol. The average Bonchev–Trinajstić information content (AvgIpc) is 2.28. The first-order chi connectivity index (χ1) is 8.51. The number of benzene rings is 1. The van der Waals surface area contributed by atoms with Crippen molar-refractivity contribution < 1.29 is 9.59 Å². The highest BCUT2D eigenvalue weighted by molar-refractivity contribution is 5.92. The minimum atomic E-state index is -0.246. The molecule has 0 spiro atoms. The molecule has 0 bridgehead atoms. The second-order valence-corrected chi connectivity index (χ2v) is 4.17. The van der Waals surface area contributed by atoms with Gasteiger partial charge in [-0.15, -0.1) is 0 Å². The van der Waals surface area contributed by atoms with Crippen molar-refractivity contribution in [2.45, 2.75) is 33.2 Å². The summed E-state index contributed by atoms with van der Waals surface area (Å²) in [6, 6.07) is 6.88. The number of urea groups is 1. The van der Waals surface area contributed by atoms with Crippen molar-refractivity contribution in [3.63, 3.8) is 0 Å². The molecule has 0 saturated heterocycles. The van der Waals surface area contributed by atoms with Gasteiger partial charge in [-0.1, -0.05) is 13.0 Å². The lowest BCUT2D eigenvalue weighted by atomic mass is 10.2. The highest BCUT2D eigenvalue weighted by Crippen LogP contribution is 2.14. The Morgan fingerprint density at radius 3 is 2.39 bits per heavy atom. The van der Waals surface area contributed by atoms with E-state index in [9.17, 15) is 9.59 Å². The lowest BCUT2D eigenvalue weighted by Gasteiger charge is -2.13. The van der Waals surface area contributed by atoms with E-state index in [1.807, 2.05) is 13.8 Å². The van der Waals surface area contributed by atoms with Crippen LogP contribution in [0.3, 0.4) is 0 Å². The van der Waals surface area contributed by atoms with Gasteiger partial charge in [-0.05, 0) is 31.5 Å². The zero-order valence-electron chi connectivity index (χ0n) is 10.9. The van der Waals surface area contributed by atoms with Gasteiger partial charge >= 0.3 is 6.03 Å². The lowest BCUT2D eigenvalue weighted by molar-refractivity contribution is -0.114. The van der Waals surface area contributed by atoms with Crippen molar-refractivity contribution in [1.29, 1.82) is 0 Å². The van der Waals surface area contributed by atoms with Gasteiger partial charge in [0, 0.05) is 24.3 Å². The molecule has 5 nitrogen and oxygen atoms in total. The topological polar surface area (TPSA) is 70.2 Å². The molecule has 5 heteroatoms. The molecule has 3 N–H and O–H groups in total. The first kappa shape index (κ1) is 14.0. The normalized spacial score (nSPS) is 11.5. The fourth-order valence-electron chi connectivity index (χ4n) is 1.37. The van der Waals surface area contributed by atoms with E-state index < -0.39 is 0 Å². The van der Waals surface area contributed by atoms with E-state index in [4.69, 9.17) is 0 Å². The molecule has 1 aromatic rings. The smallest absolute Gasteiger partial charge is 0.319 e. The van der Waals surface area contributed by atoms with Crippen LogP contribution in [0.4, 0.5) is 16.2 Å². The molecule has 0 saturated carbocycles. The van der Waals surface area contributed by atoms with Crippen LogP contribution < -0.4 is 16.0 Å². The van der Waals surface area contributed by atoms with Gasteiger partial charge in [-0.25, -0.2) is 4.79 Å². The fraction of sp³-hybridized carbons (Fsp3) is 0.385. The van der Waals surface area contributed by atoms with Gasteiger partial charge in [-0.2, -0.15) is 0 Å². The second-order valence-electron chi connectivity index (χ2n) is 4.17. The SMILES string of the molecule is CC[C@@H](C)NC(=O)Nc1cccc(NC(C)=O)c1. The van der Waals surface area contributed by atoms with E-state index >= 15 is 0 Å². The zero-order valence-corrected chi connectivity index (χ0v) is 10.9. The maximum absolute atomic E-state index is 11.6. The van der Waals surface area contributed by atoms with Crippen LogP contribution in [0.25, 0.3) is 0 Å². The Labute approximate surface area is 107 Å².